The quantitative estimate of drug-likeness (QED) is 0.440. The second-order valence-corrected chi connectivity index (χ2v) is 7.43. The molecule has 0 fully saturated rings. The minimum absolute atomic E-state index is 0.146. The third kappa shape index (κ3) is 4.60. The van der Waals surface area contributed by atoms with Gasteiger partial charge in [0, 0.05) is 17.2 Å². The summed E-state index contributed by atoms with van der Waals surface area (Å²) in [4.78, 5) is 29.0. The second kappa shape index (κ2) is 8.83. The van der Waals surface area contributed by atoms with E-state index >= 15 is 0 Å². The highest BCUT2D eigenvalue weighted by molar-refractivity contribution is 7.15. The predicted molar refractivity (Wildman–Crippen MR) is 112 cm³/mol. The van der Waals surface area contributed by atoms with E-state index in [-0.39, 0.29) is 23.0 Å². The molecule has 8 heteroatoms. The van der Waals surface area contributed by atoms with Crippen LogP contribution in [0.4, 0.5) is 5.69 Å². The molecular formula is C21H21N3O4S. The lowest BCUT2D eigenvalue weighted by Gasteiger charge is -2.13. The molecule has 3 aromatic rings. The van der Waals surface area contributed by atoms with Gasteiger partial charge in [-0.3, -0.25) is 14.9 Å². The van der Waals surface area contributed by atoms with E-state index in [9.17, 15) is 14.9 Å². The highest BCUT2D eigenvalue weighted by Gasteiger charge is 2.21. The Bertz CT molecular complexity index is 1030. The molecule has 0 aliphatic heterocycles. The number of hydrogen-bond acceptors (Lipinski definition) is 6. The standard InChI is InChI=1S/C21H21N3O4S/c1-4-28-18-11-10-16(12-17(18)24(26)27)20(25)22-13(2)19-14(3)23-21(29-19)15-8-6-5-7-9-15/h5-13H,4H2,1-3H3,(H,22,25). The average molecular weight is 411 g/mol. The summed E-state index contributed by atoms with van der Waals surface area (Å²) < 4.78 is 5.26. The number of thiazole rings is 1. The van der Waals surface area contributed by atoms with Crippen molar-refractivity contribution in [3.63, 3.8) is 0 Å². The number of ether oxygens (including phenoxy) is 1. The maximum atomic E-state index is 12.7. The van der Waals surface area contributed by atoms with Gasteiger partial charge in [0.1, 0.15) is 5.01 Å². The van der Waals surface area contributed by atoms with Gasteiger partial charge in [-0.25, -0.2) is 4.98 Å². The van der Waals surface area contributed by atoms with Gasteiger partial charge >= 0.3 is 5.69 Å². The van der Waals surface area contributed by atoms with Crippen LogP contribution in [0.5, 0.6) is 5.75 Å². The number of nitrogens with zero attached hydrogens (tertiary/aromatic N) is 2. The Hall–Kier alpha value is -3.26. The van der Waals surface area contributed by atoms with Crippen LogP contribution in [0.1, 0.15) is 40.8 Å². The number of carbonyl (C=O) groups is 1. The summed E-state index contributed by atoms with van der Waals surface area (Å²) in [6.45, 7) is 5.82. The molecule has 0 bridgehead atoms. The van der Waals surface area contributed by atoms with E-state index in [4.69, 9.17) is 4.74 Å². The molecule has 0 aliphatic rings. The fourth-order valence-corrected chi connectivity index (χ4v) is 4.01. The van der Waals surface area contributed by atoms with Gasteiger partial charge in [-0.1, -0.05) is 30.3 Å². The molecule has 0 saturated carbocycles. The van der Waals surface area contributed by atoms with Crippen LogP contribution in [0, 0.1) is 17.0 Å². The molecule has 1 heterocycles. The van der Waals surface area contributed by atoms with Crippen LogP contribution in [-0.2, 0) is 0 Å². The Kier molecular flexibility index (Phi) is 6.23. The van der Waals surface area contributed by atoms with E-state index in [1.165, 1.54) is 29.5 Å². The number of nitro groups is 1. The zero-order chi connectivity index (χ0) is 21.0. The van der Waals surface area contributed by atoms with E-state index in [1.54, 1.807) is 6.92 Å². The smallest absolute Gasteiger partial charge is 0.311 e. The number of aromatic nitrogens is 1. The lowest BCUT2D eigenvalue weighted by Crippen LogP contribution is -2.26. The van der Waals surface area contributed by atoms with Crippen LogP contribution in [0.25, 0.3) is 10.6 Å². The van der Waals surface area contributed by atoms with Crippen molar-refractivity contribution in [2.24, 2.45) is 0 Å². The van der Waals surface area contributed by atoms with E-state index in [2.05, 4.69) is 10.3 Å². The number of rotatable bonds is 7. The van der Waals surface area contributed by atoms with E-state index in [0.29, 0.717) is 6.61 Å². The van der Waals surface area contributed by atoms with Crippen LogP contribution in [0.3, 0.4) is 0 Å². The molecule has 1 aromatic heterocycles. The van der Waals surface area contributed by atoms with Gasteiger partial charge in [0.15, 0.2) is 5.75 Å². The molecular weight excluding hydrogens is 390 g/mol. The Balaban J connectivity index is 1.80. The molecule has 7 nitrogen and oxygen atoms in total. The van der Waals surface area contributed by atoms with Gasteiger partial charge in [-0.15, -0.1) is 11.3 Å². The Labute approximate surface area is 172 Å². The monoisotopic (exact) mass is 411 g/mol. The number of hydrogen-bond donors (Lipinski definition) is 1. The van der Waals surface area contributed by atoms with Crippen molar-refractivity contribution in [2.75, 3.05) is 6.61 Å². The van der Waals surface area contributed by atoms with Crippen molar-refractivity contribution < 1.29 is 14.5 Å². The van der Waals surface area contributed by atoms with Crippen molar-refractivity contribution in [2.45, 2.75) is 26.8 Å². The molecule has 1 N–H and O–H groups in total. The number of amides is 1. The van der Waals surface area contributed by atoms with E-state index < -0.39 is 10.8 Å². The summed E-state index contributed by atoms with van der Waals surface area (Å²) in [6, 6.07) is 13.8. The molecule has 1 atom stereocenters. The number of carbonyl (C=O) groups excluding carboxylic acids is 1. The number of nitrogens with one attached hydrogen (secondary N) is 1. The molecule has 0 aliphatic carbocycles. The van der Waals surface area contributed by atoms with E-state index in [1.807, 2.05) is 44.2 Å². The SMILES string of the molecule is CCOc1ccc(C(=O)NC(C)c2sc(-c3ccccc3)nc2C)cc1[N+](=O)[O-]. The number of nitro benzene ring substituents is 1. The van der Waals surface area contributed by atoms with Gasteiger partial charge in [-0.2, -0.15) is 0 Å². The normalized spacial score (nSPS) is 11.7. The maximum absolute atomic E-state index is 12.7. The van der Waals surface area contributed by atoms with Crippen LogP contribution in [0.2, 0.25) is 0 Å². The molecule has 150 valence electrons. The zero-order valence-electron chi connectivity index (χ0n) is 16.3. The summed E-state index contributed by atoms with van der Waals surface area (Å²) in [7, 11) is 0. The van der Waals surface area contributed by atoms with Crippen molar-refractivity contribution in [1.29, 1.82) is 0 Å². The molecule has 29 heavy (non-hydrogen) atoms. The van der Waals surface area contributed by atoms with E-state index in [0.717, 1.165) is 21.1 Å². The Morgan fingerprint density at radius 3 is 2.66 bits per heavy atom. The van der Waals surface area contributed by atoms with Gasteiger partial charge in [0.2, 0.25) is 0 Å². The summed E-state index contributed by atoms with van der Waals surface area (Å²) in [5, 5.41) is 15.1. The van der Waals surface area contributed by atoms with Gasteiger partial charge in [-0.05, 0) is 32.9 Å². The largest absolute Gasteiger partial charge is 0.487 e. The molecule has 0 saturated heterocycles. The molecule has 0 radical (unpaired) electrons. The zero-order valence-corrected chi connectivity index (χ0v) is 17.2. The fraction of sp³-hybridized carbons (Fsp3) is 0.238. The molecule has 0 spiro atoms. The Morgan fingerprint density at radius 2 is 2.00 bits per heavy atom. The predicted octanol–water partition coefficient (Wildman–Crippen LogP) is 4.92. The van der Waals surface area contributed by atoms with Crippen LogP contribution in [-0.4, -0.2) is 22.4 Å². The molecule has 3 rings (SSSR count). The average Bonchev–Trinajstić information content (AvgIpc) is 3.10. The van der Waals surface area contributed by atoms with Gasteiger partial charge in [0.05, 0.1) is 28.1 Å². The third-order valence-corrected chi connectivity index (χ3v) is 5.70. The molecule has 1 unspecified atom stereocenters. The number of benzene rings is 2. The topological polar surface area (TPSA) is 94.4 Å². The highest BCUT2D eigenvalue weighted by atomic mass is 32.1. The fourth-order valence-electron chi connectivity index (χ4n) is 2.94. The molecule has 1 amide bonds. The number of aryl methyl sites for hydroxylation is 1. The first-order valence-electron chi connectivity index (χ1n) is 9.15. The van der Waals surface area contributed by atoms with Crippen molar-refractivity contribution >= 4 is 22.9 Å². The first-order chi connectivity index (χ1) is 13.9. The van der Waals surface area contributed by atoms with Crippen LogP contribution >= 0.6 is 11.3 Å². The lowest BCUT2D eigenvalue weighted by atomic mass is 10.1. The summed E-state index contributed by atoms with van der Waals surface area (Å²) in [5.41, 5.74) is 1.84. The maximum Gasteiger partial charge on any atom is 0.311 e. The Morgan fingerprint density at radius 1 is 1.28 bits per heavy atom. The molecule has 2 aromatic carbocycles. The van der Waals surface area contributed by atoms with Crippen molar-refractivity contribution in [1.82, 2.24) is 10.3 Å². The summed E-state index contributed by atoms with van der Waals surface area (Å²) in [5.74, 6) is -0.245. The minimum atomic E-state index is -0.551. The van der Waals surface area contributed by atoms with Crippen molar-refractivity contribution in [3.8, 4) is 16.3 Å². The highest BCUT2D eigenvalue weighted by Crippen LogP contribution is 2.32. The van der Waals surface area contributed by atoms with Gasteiger partial charge in [0.25, 0.3) is 5.91 Å². The third-order valence-electron chi connectivity index (χ3n) is 4.31. The first-order valence-corrected chi connectivity index (χ1v) is 9.97. The lowest BCUT2D eigenvalue weighted by molar-refractivity contribution is -0.385. The summed E-state index contributed by atoms with van der Waals surface area (Å²) in [6.07, 6.45) is 0. The van der Waals surface area contributed by atoms with Crippen LogP contribution < -0.4 is 10.1 Å². The minimum Gasteiger partial charge on any atom is -0.487 e. The van der Waals surface area contributed by atoms with Crippen LogP contribution in [0.15, 0.2) is 48.5 Å². The van der Waals surface area contributed by atoms with Crippen molar-refractivity contribution in [3.05, 3.63) is 74.8 Å². The second-order valence-electron chi connectivity index (χ2n) is 6.40. The summed E-state index contributed by atoms with van der Waals surface area (Å²) >= 11 is 1.52. The van der Waals surface area contributed by atoms with Gasteiger partial charge < -0.3 is 10.1 Å². The first kappa shape index (κ1) is 20.5.